The molecule has 0 atom stereocenters. The first-order chi connectivity index (χ1) is 9.20. The van der Waals surface area contributed by atoms with Crippen molar-refractivity contribution in [2.45, 2.75) is 6.42 Å². The standard InChI is InChI=1S/C10H9N7O2/c11-5-7-8(17(18)19)1-2-9(15-7)12-4-3-10-13-6-14-16-10/h1-2,6H,3-4H2,(H,12,15)(H,13,14,16). The molecule has 0 aliphatic carbocycles. The summed E-state index contributed by atoms with van der Waals surface area (Å²) in [6.45, 7) is 0.519. The van der Waals surface area contributed by atoms with Gasteiger partial charge in [-0.3, -0.25) is 15.2 Å². The number of nitrogens with one attached hydrogen (secondary N) is 2. The summed E-state index contributed by atoms with van der Waals surface area (Å²) in [7, 11) is 0. The van der Waals surface area contributed by atoms with Crippen LogP contribution in [0.5, 0.6) is 0 Å². The highest BCUT2D eigenvalue weighted by Crippen LogP contribution is 2.17. The molecular formula is C10H9N7O2. The number of aromatic amines is 1. The van der Waals surface area contributed by atoms with E-state index in [-0.39, 0.29) is 11.4 Å². The lowest BCUT2D eigenvalue weighted by atomic mass is 10.3. The van der Waals surface area contributed by atoms with Gasteiger partial charge in [0, 0.05) is 19.0 Å². The Hall–Kier alpha value is -3.02. The molecule has 19 heavy (non-hydrogen) atoms. The Bertz CT molecular complexity index is 617. The topological polar surface area (TPSA) is 133 Å². The van der Waals surface area contributed by atoms with Crippen molar-refractivity contribution in [3.8, 4) is 6.07 Å². The van der Waals surface area contributed by atoms with Gasteiger partial charge in [0.15, 0.2) is 0 Å². The van der Waals surface area contributed by atoms with Crippen molar-refractivity contribution in [1.29, 1.82) is 5.26 Å². The van der Waals surface area contributed by atoms with Crippen LogP contribution in [0.2, 0.25) is 0 Å². The summed E-state index contributed by atoms with van der Waals surface area (Å²) >= 11 is 0. The van der Waals surface area contributed by atoms with Gasteiger partial charge in [0.05, 0.1) is 4.92 Å². The Morgan fingerprint density at radius 3 is 3.00 bits per heavy atom. The van der Waals surface area contributed by atoms with E-state index in [1.807, 2.05) is 0 Å². The van der Waals surface area contributed by atoms with Crippen molar-refractivity contribution in [2.75, 3.05) is 11.9 Å². The van der Waals surface area contributed by atoms with Crippen molar-refractivity contribution in [1.82, 2.24) is 20.2 Å². The highest BCUT2D eigenvalue weighted by Gasteiger charge is 2.15. The number of nitro groups is 1. The Labute approximate surface area is 107 Å². The van der Waals surface area contributed by atoms with Crippen molar-refractivity contribution >= 4 is 11.5 Å². The van der Waals surface area contributed by atoms with Crippen LogP contribution < -0.4 is 5.32 Å². The van der Waals surface area contributed by atoms with Gasteiger partial charge >= 0.3 is 5.69 Å². The molecule has 0 amide bonds. The van der Waals surface area contributed by atoms with Gasteiger partial charge in [-0.2, -0.15) is 10.4 Å². The van der Waals surface area contributed by atoms with E-state index in [0.29, 0.717) is 18.8 Å². The summed E-state index contributed by atoms with van der Waals surface area (Å²) < 4.78 is 0. The second kappa shape index (κ2) is 5.54. The molecule has 0 saturated carbocycles. The maximum atomic E-state index is 10.6. The molecule has 2 heterocycles. The van der Waals surface area contributed by atoms with E-state index >= 15 is 0 Å². The summed E-state index contributed by atoms with van der Waals surface area (Å²) in [6, 6.07) is 4.41. The third-order valence-corrected chi connectivity index (χ3v) is 2.31. The van der Waals surface area contributed by atoms with Crippen LogP contribution in [0.25, 0.3) is 0 Å². The van der Waals surface area contributed by atoms with Crippen LogP contribution in [0.3, 0.4) is 0 Å². The van der Waals surface area contributed by atoms with Gasteiger partial charge in [-0.05, 0) is 6.07 Å². The molecule has 9 nitrogen and oxygen atoms in total. The Morgan fingerprint density at radius 2 is 2.37 bits per heavy atom. The summed E-state index contributed by atoms with van der Waals surface area (Å²) in [4.78, 5) is 17.8. The SMILES string of the molecule is N#Cc1nc(NCCc2ncn[nH]2)ccc1[N+](=O)[O-]. The molecule has 9 heteroatoms. The number of hydrogen-bond donors (Lipinski definition) is 2. The first-order valence-corrected chi connectivity index (χ1v) is 5.34. The van der Waals surface area contributed by atoms with Gasteiger partial charge in [-0.15, -0.1) is 0 Å². The maximum absolute atomic E-state index is 10.6. The quantitative estimate of drug-likeness (QED) is 0.594. The fraction of sp³-hybridized carbons (Fsp3) is 0.200. The molecule has 0 aliphatic heterocycles. The molecule has 0 fully saturated rings. The van der Waals surface area contributed by atoms with E-state index in [2.05, 4.69) is 25.5 Å². The number of pyridine rings is 1. The molecule has 0 saturated heterocycles. The average Bonchev–Trinajstić information content (AvgIpc) is 2.91. The number of anilines is 1. The summed E-state index contributed by atoms with van der Waals surface area (Å²) in [5.41, 5.74) is -0.516. The molecular weight excluding hydrogens is 250 g/mol. The first kappa shape index (κ1) is 12.4. The fourth-order valence-corrected chi connectivity index (χ4v) is 1.44. The van der Waals surface area contributed by atoms with Gasteiger partial charge in [-0.25, -0.2) is 9.97 Å². The summed E-state index contributed by atoms with van der Waals surface area (Å²) in [5, 5.41) is 28.8. The van der Waals surface area contributed by atoms with Crippen LogP contribution in [0.15, 0.2) is 18.5 Å². The molecule has 2 rings (SSSR count). The molecule has 0 unspecified atom stereocenters. The highest BCUT2D eigenvalue weighted by atomic mass is 16.6. The summed E-state index contributed by atoms with van der Waals surface area (Å²) in [5.74, 6) is 1.12. The molecule has 2 N–H and O–H groups in total. The average molecular weight is 259 g/mol. The van der Waals surface area contributed by atoms with E-state index in [9.17, 15) is 10.1 Å². The molecule has 0 bridgehead atoms. The van der Waals surface area contributed by atoms with Crippen LogP contribution in [0, 0.1) is 21.4 Å². The number of nitriles is 1. The van der Waals surface area contributed by atoms with E-state index in [0.717, 1.165) is 5.82 Å². The van der Waals surface area contributed by atoms with Gasteiger partial charge in [0.1, 0.15) is 24.0 Å². The molecule has 0 aliphatic rings. The molecule has 0 aromatic carbocycles. The molecule has 2 aromatic rings. The van der Waals surface area contributed by atoms with Crippen LogP contribution in [-0.4, -0.2) is 31.6 Å². The van der Waals surface area contributed by atoms with Crippen molar-refractivity contribution in [2.24, 2.45) is 0 Å². The zero-order valence-corrected chi connectivity index (χ0v) is 9.70. The predicted octanol–water partition coefficient (Wildman–Crippen LogP) is 0.634. The normalized spacial score (nSPS) is 9.84. The smallest absolute Gasteiger partial charge is 0.305 e. The second-order valence-electron chi connectivity index (χ2n) is 3.54. The number of rotatable bonds is 5. The van der Waals surface area contributed by atoms with Crippen molar-refractivity contribution in [3.63, 3.8) is 0 Å². The van der Waals surface area contributed by atoms with E-state index in [1.54, 1.807) is 6.07 Å². The van der Waals surface area contributed by atoms with Crippen molar-refractivity contribution < 1.29 is 4.92 Å². The molecule has 0 radical (unpaired) electrons. The third kappa shape index (κ3) is 3.01. The maximum Gasteiger partial charge on any atom is 0.305 e. The van der Waals surface area contributed by atoms with Gasteiger partial charge < -0.3 is 5.32 Å². The molecule has 0 spiro atoms. The lowest BCUT2D eigenvalue weighted by Crippen LogP contribution is -2.08. The minimum Gasteiger partial charge on any atom is -0.370 e. The van der Waals surface area contributed by atoms with E-state index in [1.165, 1.54) is 18.5 Å². The Kier molecular flexibility index (Phi) is 3.63. The van der Waals surface area contributed by atoms with Gasteiger partial charge in [0.25, 0.3) is 0 Å². The van der Waals surface area contributed by atoms with E-state index in [4.69, 9.17) is 5.26 Å². The predicted molar refractivity (Wildman–Crippen MR) is 64.2 cm³/mol. The number of H-pyrrole nitrogens is 1. The highest BCUT2D eigenvalue weighted by molar-refractivity contribution is 5.50. The van der Waals surface area contributed by atoms with Crippen LogP contribution in [0.4, 0.5) is 11.5 Å². The largest absolute Gasteiger partial charge is 0.370 e. The fourth-order valence-electron chi connectivity index (χ4n) is 1.44. The monoisotopic (exact) mass is 259 g/mol. The lowest BCUT2D eigenvalue weighted by Gasteiger charge is -2.04. The van der Waals surface area contributed by atoms with Crippen LogP contribution in [-0.2, 0) is 6.42 Å². The first-order valence-electron chi connectivity index (χ1n) is 5.34. The Morgan fingerprint density at radius 1 is 1.53 bits per heavy atom. The zero-order valence-electron chi connectivity index (χ0n) is 9.70. The minimum absolute atomic E-state index is 0.213. The lowest BCUT2D eigenvalue weighted by molar-refractivity contribution is -0.385. The van der Waals surface area contributed by atoms with Gasteiger partial charge in [0.2, 0.25) is 5.69 Å². The van der Waals surface area contributed by atoms with Crippen molar-refractivity contribution in [3.05, 3.63) is 40.1 Å². The second-order valence-corrected chi connectivity index (χ2v) is 3.54. The van der Waals surface area contributed by atoms with Crippen LogP contribution >= 0.6 is 0 Å². The zero-order chi connectivity index (χ0) is 13.7. The number of aromatic nitrogens is 4. The van der Waals surface area contributed by atoms with Crippen LogP contribution in [0.1, 0.15) is 11.5 Å². The number of nitrogens with zero attached hydrogens (tertiary/aromatic N) is 5. The number of hydrogen-bond acceptors (Lipinski definition) is 7. The summed E-state index contributed by atoms with van der Waals surface area (Å²) in [6.07, 6.45) is 2.01. The minimum atomic E-state index is -0.635. The third-order valence-electron chi connectivity index (χ3n) is 2.31. The Balaban J connectivity index is 2.01. The van der Waals surface area contributed by atoms with Gasteiger partial charge in [-0.1, -0.05) is 0 Å². The van der Waals surface area contributed by atoms with E-state index < -0.39 is 4.92 Å². The molecule has 2 aromatic heterocycles. The molecule has 96 valence electrons.